The Labute approximate surface area is 87.6 Å². The van der Waals surface area contributed by atoms with E-state index in [4.69, 9.17) is 10.5 Å². The summed E-state index contributed by atoms with van der Waals surface area (Å²) in [5, 5.41) is 0. The quantitative estimate of drug-likeness (QED) is 0.652. The maximum Gasteiger partial charge on any atom is 0.0593 e. The van der Waals surface area contributed by atoms with E-state index in [9.17, 15) is 0 Å². The van der Waals surface area contributed by atoms with Crippen molar-refractivity contribution in [1.29, 1.82) is 0 Å². The van der Waals surface area contributed by atoms with Gasteiger partial charge in [0.1, 0.15) is 0 Å². The van der Waals surface area contributed by atoms with Crippen molar-refractivity contribution < 1.29 is 4.74 Å². The van der Waals surface area contributed by atoms with Gasteiger partial charge in [-0.25, -0.2) is 0 Å². The Balaban J connectivity index is 1.92. The molecule has 0 aromatic carbocycles. The summed E-state index contributed by atoms with van der Waals surface area (Å²) in [6.07, 6.45) is 4.12. The van der Waals surface area contributed by atoms with Crippen LogP contribution in [-0.4, -0.2) is 44.3 Å². The Hall–Kier alpha value is -0.120. The molecule has 0 aromatic heterocycles. The van der Waals surface area contributed by atoms with Crippen LogP contribution in [0.3, 0.4) is 0 Å². The highest BCUT2D eigenvalue weighted by Crippen LogP contribution is 2.07. The molecular weight excluding hydrogens is 176 g/mol. The van der Waals surface area contributed by atoms with Crippen LogP contribution in [0.4, 0.5) is 0 Å². The number of rotatable bonds is 6. The molecule has 3 heteroatoms. The molecule has 1 heterocycles. The zero-order chi connectivity index (χ0) is 10.2. The van der Waals surface area contributed by atoms with Crippen molar-refractivity contribution in [3.63, 3.8) is 0 Å². The fourth-order valence-electron chi connectivity index (χ4n) is 1.73. The minimum absolute atomic E-state index is 0.497. The van der Waals surface area contributed by atoms with Crippen molar-refractivity contribution in [3.8, 4) is 0 Å². The fraction of sp³-hybridized carbons (Fsp3) is 1.00. The summed E-state index contributed by atoms with van der Waals surface area (Å²) >= 11 is 0. The molecule has 14 heavy (non-hydrogen) atoms. The van der Waals surface area contributed by atoms with E-state index >= 15 is 0 Å². The zero-order valence-electron chi connectivity index (χ0n) is 9.37. The zero-order valence-corrected chi connectivity index (χ0v) is 9.37. The first-order valence-corrected chi connectivity index (χ1v) is 5.83. The minimum atomic E-state index is 0.497. The lowest BCUT2D eigenvalue weighted by Crippen LogP contribution is -2.33. The molecule has 1 atom stereocenters. The van der Waals surface area contributed by atoms with Crippen LogP contribution in [0.5, 0.6) is 0 Å². The third-order valence-corrected chi connectivity index (χ3v) is 2.81. The van der Waals surface area contributed by atoms with E-state index in [0.29, 0.717) is 5.92 Å². The number of piperidine rings is 1. The van der Waals surface area contributed by atoms with Crippen LogP contribution in [-0.2, 0) is 4.74 Å². The van der Waals surface area contributed by atoms with Gasteiger partial charge in [0.05, 0.1) is 13.2 Å². The second-order valence-electron chi connectivity index (χ2n) is 4.32. The van der Waals surface area contributed by atoms with E-state index in [1.165, 1.54) is 32.4 Å². The second kappa shape index (κ2) is 7.21. The number of likely N-dealkylation sites (tertiary alicyclic amines) is 1. The molecule has 0 aliphatic carbocycles. The van der Waals surface area contributed by atoms with E-state index in [-0.39, 0.29) is 0 Å². The molecule has 0 bridgehead atoms. The molecule has 0 aromatic rings. The monoisotopic (exact) mass is 200 g/mol. The lowest BCUT2D eigenvalue weighted by atomic mass is 10.1. The van der Waals surface area contributed by atoms with Gasteiger partial charge in [0.2, 0.25) is 0 Å². The third kappa shape index (κ3) is 4.94. The Morgan fingerprint density at radius 2 is 2.00 bits per heavy atom. The van der Waals surface area contributed by atoms with Gasteiger partial charge in [0.25, 0.3) is 0 Å². The highest BCUT2D eigenvalue weighted by atomic mass is 16.5. The van der Waals surface area contributed by atoms with Gasteiger partial charge in [0, 0.05) is 6.54 Å². The summed E-state index contributed by atoms with van der Waals surface area (Å²) in [5.41, 5.74) is 5.51. The maximum atomic E-state index is 5.57. The standard InChI is InChI=1S/C11H24N2O/c1-11(9-12)10-14-8-7-13-5-3-2-4-6-13/h11H,2-10,12H2,1H3. The summed E-state index contributed by atoms with van der Waals surface area (Å²) < 4.78 is 5.57. The largest absolute Gasteiger partial charge is 0.380 e. The van der Waals surface area contributed by atoms with Gasteiger partial charge in [-0.1, -0.05) is 13.3 Å². The van der Waals surface area contributed by atoms with Gasteiger partial charge in [-0.3, -0.25) is 0 Å². The van der Waals surface area contributed by atoms with Gasteiger partial charge in [-0.2, -0.15) is 0 Å². The molecular formula is C11H24N2O. The molecule has 1 rings (SSSR count). The van der Waals surface area contributed by atoms with Gasteiger partial charge < -0.3 is 15.4 Å². The molecule has 2 N–H and O–H groups in total. The van der Waals surface area contributed by atoms with Crippen LogP contribution < -0.4 is 5.73 Å². The highest BCUT2D eigenvalue weighted by Gasteiger charge is 2.09. The Bertz CT molecular complexity index is 135. The SMILES string of the molecule is CC(CN)COCCN1CCCCC1. The first-order chi connectivity index (χ1) is 6.83. The Kier molecular flexibility index (Phi) is 6.15. The normalized spacial score (nSPS) is 21.0. The molecule has 1 unspecified atom stereocenters. The summed E-state index contributed by atoms with van der Waals surface area (Å²) in [4.78, 5) is 2.50. The number of ether oxygens (including phenoxy) is 1. The first kappa shape index (κ1) is 12.0. The molecule has 1 fully saturated rings. The van der Waals surface area contributed by atoms with E-state index in [1.807, 2.05) is 0 Å². The second-order valence-corrected chi connectivity index (χ2v) is 4.32. The lowest BCUT2D eigenvalue weighted by Gasteiger charge is -2.26. The predicted molar refractivity (Wildman–Crippen MR) is 59.3 cm³/mol. The smallest absolute Gasteiger partial charge is 0.0593 e. The van der Waals surface area contributed by atoms with Crippen LogP contribution in [0.2, 0.25) is 0 Å². The molecule has 1 saturated heterocycles. The van der Waals surface area contributed by atoms with Crippen LogP contribution in [0.25, 0.3) is 0 Å². The highest BCUT2D eigenvalue weighted by molar-refractivity contribution is 4.63. The fourth-order valence-corrected chi connectivity index (χ4v) is 1.73. The van der Waals surface area contributed by atoms with Crippen LogP contribution >= 0.6 is 0 Å². The van der Waals surface area contributed by atoms with Crippen LogP contribution in [0, 0.1) is 5.92 Å². The lowest BCUT2D eigenvalue weighted by molar-refractivity contribution is 0.0781. The van der Waals surface area contributed by atoms with E-state index in [2.05, 4.69) is 11.8 Å². The van der Waals surface area contributed by atoms with Crippen molar-refractivity contribution >= 4 is 0 Å². The van der Waals surface area contributed by atoms with Crippen molar-refractivity contribution in [2.75, 3.05) is 39.4 Å². The third-order valence-electron chi connectivity index (χ3n) is 2.81. The van der Waals surface area contributed by atoms with Gasteiger partial charge in [-0.15, -0.1) is 0 Å². The minimum Gasteiger partial charge on any atom is -0.380 e. The average molecular weight is 200 g/mol. The first-order valence-electron chi connectivity index (χ1n) is 5.83. The molecule has 1 aliphatic rings. The topological polar surface area (TPSA) is 38.5 Å². The summed E-state index contributed by atoms with van der Waals surface area (Å²) in [7, 11) is 0. The molecule has 84 valence electrons. The number of hydrogen-bond donors (Lipinski definition) is 1. The molecule has 0 amide bonds. The van der Waals surface area contributed by atoms with Crippen LogP contribution in [0.1, 0.15) is 26.2 Å². The predicted octanol–water partition coefficient (Wildman–Crippen LogP) is 1.08. The average Bonchev–Trinajstić information content (AvgIpc) is 2.25. The number of hydrogen-bond acceptors (Lipinski definition) is 3. The molecule has 0 spiro atoms. The van der Waals surface area contributed by atoms with E-state index < -0.39 is 0 Å². The van der Waals surface area contributed by atoms with Crippen molar-refractivity contribution in [3.05, 3.63) is 0 Å². The number of nitrogens with zero attached hydrogens (tertiary/aromatic N) is 1. The van der Waals surface area contributed by atoms with Crippen LogP contribution in [0.15, 0.2) is 0 Å². The summed E-state index contributed by atoms with van der Waals surface area (Å²) in [6, 6.07) is 0. The van der Waals surface area contributed by atoms with Gasteiger partial charge >= 0.3 is 0 Å². The Morgan fingerprint density at radius 3 is 2.64 bits per heavy atom. The van der Waals surface area contributed by atoms with Crippen molar-refractivity contribution in [2.45, 2.75) is 26.2 Å². The molecule has 0 radical (unpaired) electrons. The van der Waals surface area contributed by atoms with Gasteiger partial charge in [0.15, 0.2) is 0 Å². The molecule has 1 aliphatic heterocycles. The van der Waals surface area contributed by atoms with Crippen molar-refractivity contribution in [2.24, 2.45) is 11.7 Å². The summed E-state index contributed by atoms with van der Waals surface area (Å²) in [5.74, 6) is 0.497. The Morgan fingerprint density at radius 1 is 1.29 bits per heavy atom. The van der Waals surface area contributed by atoms with E-state index in [1.54, 1.807) is 0 Å². The molecule has 0 saturated carbocycles. The van der Waals surface area contributed by atoms with Crippen molar-refractivity contribution in [1.82, 2.24) is 4.90 Å². The molecule has 3 nitrogen and oxygen atoms in total. The maximum absolute atomic E-state index is 5.57. The number of nitrogens with two attached hydrogens (primary N) is 1. The van der Waals surface area contributed by atoms with E-state index in [0.717, 1.165) is 26.3 Å². The van der Waals surface area contributed by atoms with Gasteiger partial charge in [-0.05, 0) is 38.4 Å². The summed E-state index contributed by atoms with van der Waals surface area (Å²) in [6.45, 7) is 8.14.